The number of hydrogen-bond donors (Lipinski definition) is 2. The Morgan fingerprint density at radius 3 is 2.89 bits per heavy atom. The molecule has 2 rings (SSSR count). The highest BCUT2D eigenvalue weighted by Gasteiger charge is 2.22. The standard InChI is InChI=1S/C14H19NO3/c1-10(17)13-3-2-12(8-14(13)18)15-6-4-11(9-15)5-7-16/h2-3,8,11,16,18H,4-7,9H2,1H3. The lowest BCUT2D eigenvalue weighted by Crippen LogP contribution is -2.19. The topological polar surface area (TPSA) is 60.8 Å². The summed E-state index contributed by atoms with van der Waals surface area (Å²) in [6.07, 6.45) is 1.89. The van der Waals surface area contributed by atoms with Gasteiger partial charge in [0.25, 0.3) is 0 Å². The van der Waals surface area contributed by atoms with Gasteiger partial charge in [0.1, 0.15) is 5.75 Å². The van der Waals surface area contributed by atoms with Gasteiger partial charge in [0.05, 0.1) is 5.56 Å². The lowest BCUT2D eigenvalue weighted by molar-refractivity contribution is 0.101. The van der Waals surface area contributed by atoms with E-state index in [2.05, 4.69) is 4.90 Å². The van der Waals surface area contributed by atoms with Gasteiger partial charge in [-0.3, -0.25) is 4.79 Å². The number of aromatic hydroxyl groups is 1. The fraction of sp³-hybridized carbons (Fsp3) is 0.500. The second kappa shape index (κ2) is 5.40. The highest BCUT2D eigenvalue weighted by molar-refractivity contribution is 5.97. The van der Waals surface area contributed by atoms with E-state index >= 15 is 0 Å². The monoisotopic (exact) mass is 249 g/mol. The molecule has 1 heterocycles. The smallest absolute Gasteiger partial charge is 0.163 e. The predicted octanol–water partition coefficient (Wildman–Crippen LogP) is 1.80. The summed E-state index contributed by atoms with van der Waals surface area (Å²) in [7, 11) is 0. The summed E-state index contributed by atoms with van der Waals surface area (Å²) >= 11 is 0. The molecule has 2 N–H and O–H groups in total. The van der Waals surface area contributed by atoms with Gasteiger partial charge in [0.2, 0.25) is 0 Å². The average Bonchev–Trinajstić information content (AvgIpc) is 2.77. The third-order valence-electron chi connectivity index (χ3n) is 3.55. The van der Waals surface area contributed by atoms with Gasteiger partial charge < -0.3 is 15.1 Å². The molecule has 0 radical (unpaired) electrons. The molecule has 0 amide bonds. The van der Waals surface area contributed by atoms with E-state index in [1.165, 1.54) is 6.92 Å². The Morgan fingerprint density at radius 2 is 2.28 bits per heavy atom. The molecule has 0 aliphatic carbocycles. The molecule has 4 nitrogen and oxygen atoms in total. The Balaban J connectivity index is 2.11. The van der Waals surface area contributed by atoms with Crippen LogP contribution in [-0.4, -0.2) is 35.7 Å². The van der Waals surface area contributed by atoms with Gasteiger partial charge in [0.15, 0.2) is 5.78 Å². The molecule has 0 bridgehead atoms. The first kappa shape index (κ1) is 12.9. The van der Waals surface area contributed by atoms with Crippen molar-refractivity contribution in [3.05, 3.63) is 23.8 Å². The molecule has 0 spiro atoms. The van der Waals surface area contributed by atoms with Crippen molar-refractivity contribution in [1.29, 1.82) is 0 Å². The number of aliphatic hydroxyl groups excluding tert-OH is 1. The quantitative estimate of drug-likeness (QED) is 0.799. The lowest BCUT2D eigenvalue weighted by Gasteiger charge is -2.19. The van der Waals surface area contributed by atoms with Gasteiger partial charge in [0, 0.05) is 31.5 Å². The molecule has 0 saturated carbocycles. The number of ketones is 1. The molecule has 4 heteroatoms. The molecular weight excluding hydrogens is 230 g/mol. The van der Waals surface area contributed by atoms with E-state index in [0.29, 0.717) is 11.5 Å². The van der Waals surface area contributed by atoms with Crippen molar-refractivity contribution in [2.24, 2.45) is 5.92 Å². The molecule has 1 unspecified atom stereocenters. The van der Waals surface area contributed by atoms with Crippen LogP contribution in [0.1, 0.15) is 30.1 Å². The van der Waals surface area contributed by atoms with Crippen LogP contribution in [0.3, 0.4) is 0 Å². The third kappa shape index (κ3) is 2.64. The van der Waals surface area contributed by atoms with Crippen molar-refractivity contribution in [2.75, 3.05) is 24.6 Å². The number of nitrogens with zero attached hydrogens (tertiary/aromatic N) is 1. The van der Waals surface area contributed by atoms with Crippen LogP contribution < -0.4 is 4.90 Å². The number of phenolic OH excluding ortho intramolecular Hbond substituents is 1. The largest absolute Gasteiger partial charge is 0.507 e. The molecule has 1 atom stereocenters. The number of aliphatic hydroxyl groups is 1. The molecule has 18 heavy (non-hydrogen) atoms. The normalized spacial score (nSPS) is 19.2. The number of carbonyl (C=O) groups is 1. The zero-order chi connectivity index (χ0) is 13.1. The first-order valence-electron chi connectivity index (χ1n) is 6.31. The number of anilines is 1. The van der Waals surface area contributed by atoms with E-state index in [1.807, 2.05) is 6.07 Å². The SMILES string of the molecule is CC(=O)c1ccc(N2CCC(CCO)C2)cc1O. The first-order chi connectivity index (χ1) is 8.61. The van der Waals surface area contributed by atoms with Crippen molar-refractivity contribution in [1.82, 2.24) is 0 Å². The van der Waals surface area contributed by atoms with Crippen molar-refractivity contribution in [3.8, 4) is 5.75 Å². The molecule has 1 aromatic carbocycles. The van der Waals surface area contributed by atoms with E-state index < -0.39 is 0 Å². The van der Waals surface area contributed by atoms with Gasteiger partial charge in [-0.25, -0.2) is 0 Å². The average molecular weight is 249 g/mol. The summed E-state index contributed by atoms with van der Waals surface area (Å²) in [6.45, 7) is 3.51. The second-order valence-electron chi connectivity index (χ2n) is 4.87. The first-order valence-corrected chi connectivity index (χ1v) is 6.31. The Bertz CT molecular complexity index is 445. The maximum Gasteiger partial charge on any atom is 0.163 e. The second-order valence-corrected chi connectivity index (χ2v) is 4.87. The Morgan fingerprint density at radius 1 is 1.50 bits per heavy atom. The van der Waals surface area contributed by atoms with Crippen LogP contribution in [0, 0.1) is 5.92 Å². The number of benzene rings is 1. The van der Waals surface area contributed by atoms with Gasteiger partial charge in [-0.2, -0.15) is 0 Å². The summed E-state index contributed by atoms with van der Waals surface area (Å²) in [5.41, 5.74) is 1.31. The summed E-state index contributed by atoms with van der Waals surface area (Å²) < 4.78 is 0. The zero-order valence-corrected chi connectivity index (χ0v) is 10.6. The molecule has 1 aromatic rings. The van der Waals surface area contributed by atoms with Crippen LogP contribution in [0.4, 0.5) is 5.69 Å². The van der Waals surface area contributed by atoms with E-state index in [0.717, 1.165) is 31.6 Å². The minimum absolute atomic E-state index is 0.0469. The maximum absolute atomic E-state index is 11.2. The van der Waals surface area contributed by atoms with E-state index in [1.54, 1.807) is 12.1 Å². The Labute approximate surface area is 107 Å². The highest BCUT2D eigenvalue weighted by atomic mass is 16.3. The lowest BCUT2D eigenvalue weighted by atomic mass is 10.1. The van der Waals surface area contributed by atoms with Crippen molar-refractivity contribution < 1.29 is 15.0 Å². The van der Waals surface area contributed by atoms with Crippen LogP contribution >= 0.6 is 0 Å². The van der Waals surface area contributed by atoms with E-state index in [4.69, 9.17) is 5.11 Å². The number of hydrogen-bond acceptors (Lipinski definition) is 4. The van der Waals surface area contributed by atoms with Crippen LogP contribution in [0.2, 0.25) is 0 Å². The van der Waals surface area contributed by atoms with Crippen LogP contribution in [0.25, 0.3) is 0 Å². The van der Waals surface area contributed by atoms with Crippen LogP contribution in [0.15, 0.2) is 18.2 Å². The van der Waals surface area contributed by atoms with Crippen molar-refractivity contribution in [2.45, 2.75) is 19.8 Å². The summed E-state index contributed by atoms with van der Waals surface area (Å²) in [5.74, 6) is 0.439. The zero-order valence-electron chi connectivity index (χ0n) is 10.6. The van der Waals surface area contributed by atoms with Gasteiger partial charge >= 0.3 is 0 Å². The molecule has 1 saturated heterocycles. The minimum atomic E-state index is -0.126. The molecular formula is C14H19NO3. The summed E-state index contributed by atoms with van der Waals surface area (Å²) in [5, 5.41) is 18.7. The molecule has 1 fully saturated rings. The predicted molar refractivity (Wildman–Crippen MR) is 70.1 cm³/mol. The van der Waals surface area contributed by atoms with Gasteiger partial charge in [-0.1, -0.05) is 0 Å². The number of Topliss-reactive ketones (excluding diaryl/α,β-unsaturated/α-hetero) is 1. The van der Waals surface area contributed by atoms with E-state index in [-0.39, 0.29) is 18.1 Å². The minimum Gasteiger partial charge on any atom is -0.507 e. The molecule has 0 aromatic heterocycles. The molecule has 1 aliphatic heterocycles. The van der Waals surface area contributed by atoms with Crippen molar-refractivity contribution >= 4 is 11.5 Å². The Hall–Kier alpha value is -1.55. The number of rotatable bonds is 4. The van der Waals surface area contributed by atoms with Gasteiger partial charge in [-0.15, -0.1) is 0 Å². The highest BCUT2D eigenvalue weighted by Crippen LogP contribution is 2.29. The van der Waals surface area contributed by atoms with Crippen LogP contribution in [0.5, 0.6) is 5.75 Å². The molecule has 98 valence electrons. The fourth-order valence-corrected chi connectivity index (χ4v) is 2.50. The maximum atomic E-state index is 11.2. The van der Waals surface area contributed by atoms with Gasteiger partial charge in [-0.05, 0) is 37.8 Å². The molecule has 1 aliphatic rings. The van der Waals surface area contributed by atoms with Crippen molar-refractivity contribution in [3.63, 3.8) is 0 Å². The summed E-state index contributed by atoms with van der Waals surface area (Å²) in [4.78, 5) is 13.4. The Kier molecular flexibility index (Phi) is 3.87. The number of carbonyl (C=O) groups excluding carboxylic acids is 1. The van der Waals surface area contributed by atoms with Crippen LogP contribution in [-0.2, 0) is 0 Å². The summed E-state index contributed by atoms with van der Waals surface area (Å²) in [6, 6.07) is 5.20. The number of phenols is 1. The fourth-order valence-electron chi connectivity index (χ4n) is 2.50. The van der Waals surface area contributed by atoms with E-state index in [9.17, 15) is 9.90 Å². The third-order valence-corrected chi connectivity index (χ3v) is 3.55.